The minimum atomic E-state index is 0.0226. The minimum Gasteiger partial charge on any atom is -0.330 e. The van der Waals surface area contributed by atoms with Crippen LogP contribution in [-0.2, 0) is 4.79 Å². The fourth-order valence-corrected chi connectivity index (χ4v) is 2.33. The molecule has 4 nitrogen and oxygen atoms in total. The number of aromatic nitrogens is 1. The zero-order chi connectivity index (χ0) is 15.2. The maximum Gasteiger partial charge on any atom is 0.225 e. The number of rotatable bonds is 6. The third kappa shape index (κ3) is 5.70. The average molecular weight is 277 g/mol. The van der Waals surface area contributed by atoms with Crippen LogP contribution in [0.15, 0.2) is 18.3 Å². The SMILES string of the molecule is Cc1ccnc(NC(=O)CCC(CCN)C(C)(C)C)c1. The number of amides is 1. The molecule has 3 N–H and O–H groups in total. The van der Waals surface area contributed by atoms with Crippen molar-refractivity contribution in [3.8, 4) is 0 Å². The van der Waals surface area contributed by atoms with Crippen LogP contribution in [0.1, 0.15) is 45.6 Å². The van der Waals surface area contributed by atoms with Gasteiger partial charge in [0.15, 0.2) is 0 Å². The van der Waals surface area contributed by atoms with Crippen LogP contribution in [0.2, 0.25) is 0 Å². The molecule has 0 bridgehead atoms. The largest absolute Gasteiger partial charge is 0.330 e. The van der Waals surface area contributed by atoms with Crippen molar-refractivity contribution in [1.82, 2.24) is 4.98 Å². The number of hydrogen-bond donors (Lipinski definition) is 2. The second-order valence-corrected chi connectivity index (χ2v) is 6.45. The van der Waals surface area contributed by atoms with E-state index in [-0.39, 0.29) is 11.3 Å². The van der Waals surface area contributed by atoms with Crippen LogP contribution in [0.4, 0.5) is 5.82 Å². The van der Waals surface area contributed by atoms with Gasteiger partial charge >= 0.3 is 0 Å². The van der Waals surface area contributed by atoms with E-state index in [2.05, 4.69) is 31.1 Å². The standard InChI is InChI=1S/C16H27N3O/c1-12-8-10-18-14(11-12)19-15(20)6-5-13(7-9-17)16(2,3)4/h8,10-11,13H,5-7,9,17H2,1-4H3,(H,18,19,20). The summed E-state index contributed by atoms with van der Waals surface area (Å²) < 4.78 is 0. The molecule has 0 aliphatic heterocycles. The molecule has 0 saturated heterocycles. The normalized spacial score (nSPS) is 13.1. The van der Waals surface area contributed by atoms with E-state index in [0.29, 0.717) is 24.7 Å². The summed E-state index contributed by atoms with van der Waals surface area (Å²) in [6.45, 7) is 9.26. The van der Waals surface area contributed by atoms with Gasteiger partial charge in [-0.1, -0.05) is 20.8 Å². The number of carbonyl (C=O) groups excluding carboxylic acids is 1. The Labute approximate surface area is 122 Å². The van der Waals surface area contributed by atoms with E-state index < -0.39 is 0 Å². The van der Waals surface area contributed by atoms with Gasteiger partial charge in [0.05, 0.1) is 0 Å². The summed E-state index contributed by atoms with van der Waals surface area (Å²) in [6, 6.07) is 3.78. The van der Waals surface area contributed by atoms with E-state index >= 15 is 0 Å². The molecule has 1 rings (SSSR count). The maximum atomic E-state index is 12.0. The minimum absolute atomic E-state index is 0.0226. The summed E-state index contributed by atoms with van der Waals surface area (Å²) in [6.07, 6.45) is 4.03. The van der Waals surface area contributed by atoms with E-state index in [4.69, 9.17) is 5.73 Å². The molecule has 1 unspecified atom stereocenters. The zero-order valence-electron chi connectivity index (χ0n) is 13.1. The Morgan fingerprint density at radius 1 is 1.40 bits per heavy atom. The van der Waals surface area contributed by atoms with Gasteiger partial charge in [-0.25, -0.2) is 4.98 Å². The predicted molar refractivity (Wildman–Crippen MR) is 83.5 cm³/mol. The van der Waals surface area contributed by atoms with E-state index in [1.165, 1.54) is 0 Å². The van der Waals surface area contributed by atoms with Crippen molar-refractivity contribution in [2.45, 2.75) is 47.0 Å². The van der Waals surface area contributed by atoms with Gasteiger partial charge < -0.3 is 11.1 Å². The summed E-state index contributed by atoms with van der Waals surface area (Å²) in [4.78, 5) is 16.1. The van der Waals surface area contributed by atoms with Crippen molar-refractivity contribution in [2.24, 2.45) is 17.1 Å². The molecule has 0 spiro atoms. The fourth-order valence-electron chi connectivity index (χ4n) is 2.33. The summed E-state index contributed by atoms with van der Waals surface area (Å²) in [5.41, 5.74) is 6.93. The fraction of sp³-hybridized carbons (Fsp3) is 0.625. The highest BCUT2D eigenvalue weighted by atomic mass is 16.1. The number of pyridine rings is 1. The first-order valence-corrected chi connectivity index (χ1v) is 7.25. The summed E-state index contributed by atoms with van der Waals surface area (Å²) >= 11 is 0. The first-order chi connectivity index (χ1) is 9.32. The van der Waals surface area contributed by atoms with Crippen LogP contribution in [0.25, 0.3) is 0 Å². The lowest BCUT2D eigenvalue weighted by Gasteiger charge is -2.30. The van der Waals surface area contributed by atoms with Gasteiger partial charge in [-0.15, -0.1) is 0 Å². The number of hydrogen-bond acceptors (Lipinski definition) is 3. The summed E-state index contributed by atoms with van der Waals surface area (Å²) in [7, 11) is 0. The smallest absolute Gasteiger partial charge is 0.225 e. The number of aryl methyl sites for hydroxylation is 1. The van der Waals surface area contributed by atoms with Crippen LogP contribution >= 0.6 is 0 Å². The number of nitrogens with one attached hydrogen (secondary N) is 1. The first-order valence-electron chi connectivity index (χ1n) is 7.25. The van der Waals surface area contributed by atoms with Crippen LogP contribution in [0.3, 0.4) is 0 Å². The predicted octanol–water partition coefficient (Wildman–Crippen LogP) is 3.12. The van der Waals surface area contributed by atoms with E-state index in [9.17, 15) is 4.79 Å². The Bertz CT molecular complexity index is 438. The highest BCUT2D eigenvalue weighted by molar-refractivity contribution is 5.89. The number of carbonyl (C=O) groups is 1. The van der Waals surface area contributed by atoms with Gasteiger partial charge in [-0.05, 0) is 55.3 Å². The van der Waals surface area contributed by atoms with Crippen molar-refractivity contribution in [2.75, 3.05) is 11.9 Å². The average Bonchev–Trinajstić information content (AvgIpc) is 2.33. The number of nitrogens with two attached hydrogens (primary N) is 1. The molecule has 0 fully saturated rings. The van der Waals surface area contributed by atoms with Crippen molar-refractivity contribution in [3.63, 3.8) is 0 Å². The van der Waals surface area contributed by atoms with Gasteiger partial charge in [-0.3, -0.25) is 4.79 Å². The molecule has 0 saturated carbocycles. The summed E-state index contributed by atoms with van der Waals surface area (Å²) in [5.74, 6) is 1.11. The Kier molecular flexibility index (Phi) is 6.14. The highest BCUT2D eigenvalue weighted by Gasteiger charge is 2.24. The molecule has 0 aromatic carbocycles. The lowest BCUT2D eigenvalue weighted by atomic mass is 9.76. The first kappa shape index (κ1) is 16.6. The second-order valence-electron chi connectivity index (χ2n) is 6.45. The van der Waals surface area contributed by atoms with Gasteiger partial charge in [0.2, 0.25) is 5.91 Å². The maximum absolute atomic E-state index is 12.0. The summed E-state index contributed by atoms with van der Waals surface area (Å²) in [5, 5.41) is 2.85. The Hall–Kier alpha value is -1.42. The molecular weight excluding hydrogens is 250 g/mol. The number of anilines is 1. The van der Waals surface area contributed by atoms with Crippen molar-refractivity contribution in [1.29, 1.82) is 0 Å². The van der Waals surface area contributed by atoms with Crippen LogP contribution < -0.4 is 11.1 Å². The molecular formula is C16H27N3O. The Morgan fingerprint density at radius 2 is 2.10 bits per heavy atom. The molecule has 4 heteroatoms. The molecule has 1 amide bonds. The lowest BCUT2D eigenvalue weighted by molar-refractivity contribution is -0.116. The molecule has 0 aliphatic carbocycles. The van der Waals surface area contributed by atoms with Crippen LogP contribution in [0, 0.1) is 18.3 Å². The number of nitrogens with zero attached hydrogens (tertiary/aromatic N) is 1. The molecule has 0 aliphatic rings. The highest BCUT2D eigenvalue weighted by Crippen LogP contribution is 2.32. The second kappa shape index (κ2) is 7.39. The van der Waals surface area contributed by atoms with Gasteiger partial charge in [0.25, 0.3) is 0 Å². The third-order valence-electron chi connectivity index (χ3n) is 3.64. The topological polar surface area (TPSA) is 68.0 Å². The van der Waals surface area contributed by atoms with Crippen LogP contribution in [0.5, 0.6) is 0 Å². The third-order valence-corrected chi connectivity index (χ3v) is 3.64. The molecule has 1 heterocycles. The van der Waals surface area contributed by atoms with Crippen LogP contribution in [-0.4, -0.2) is 17.4 Å². The quantitative estimate of drug-likeness (QED) is 0.839. The van der Waals surface area contributed by atoms with Gasteiger partial charge in [-0.2, -0.15) is 0 Å². The van der Waals surface area contributed by atoms with Crippen molar-refractivity contribution >= 4 is 11.7 Å². The molecule has 1 aromatic heterocycles. The Balaban J connectivity index is 2.50. The zero-order valence-corrected chi connectivity index (χ0v) is 13.1. The van der Waals surface area contributed by atoms with E-state index in [0.717, 1.165) is 18.4 Å². The Morgan fingerprint density at radius 3 is 2.65 bits per heavy atom. The monoisotopic (exact) mass is 277 g/mol. The molecule has 0 radical (unpaired) electrons. The van der Waals surface area contributed by atoms with Crippen molar-refractivity contribution < 1.29 is 4.79 Å². The molecule has 112 valence electrons. The molecule has 1 atom stereocenters. The van der Waals surface area contributed by atoms with Crippen molar-refractivity contribution in [3.05, 3.63) is 23.9 Å². The van der Waals surface area contributed by atoms with E-state index in [1.807, 2.05) is 19.1 Å². The lowest BCUT2D eigenvalue weighted by Crippen LogP contribution is -2.25. The van der Waals surface area contributed by atoms with Gasteiger partial charge in [0.1, 0.15) is 5.82 Å². The van der Waals surface area contributed by atoms with E-state index in [1.54, 1.807) is 6.20 Å². The van der Waals surface area contributed by atoms with Gasteiger partial charge in [0, 0.05) is 12.6 Å². The molecule has 20 heavy (non-hydrogen) atoms. The molecule has 1 aromatic rings.